The molecule has 0 bridgehead atoms. The molecule has 0 saturated carbocycles. The van der Waals surface area contributed by atoms with E-state index in [9.17, 15) is 18.0 Å². The average molecular weight is 228 g/mol. The number of hydrogen-bond donors (Lipinski definition) is 1. The summed E-state index contributed by atoms with van der Waals surface area (Å²) in [5, 5.41) is 0.923. The first-order chi connectivity index (χ1) is 6.93. The lowest BCUT2D eigenvalue weighted by Gasteiger charge is -2.36. The van der Waals surface area contributed by atoms with Gasteiger partial charge in [0.1, 0.15) is 0 Å². The van der Waals surface area contributed by atoms with Crippen molar-refractivity contribution in [2.24, 2.45) is 0 Å². The Balaban J connectivity index is 2.15. The molecular formula is C7H11F3N2O3. The quantitative estimate of drug-likeness (QED) is 0.698. The first-order valence-electron chi connectivity index (χ1n) is 4.35. The van der Waals surface area contributed by atoms with Crippen LogP contribution in [0, 0.1) is 0 Å². The van der Waals surface area contributed by atoms with Crippen molar-refractivity contribution in [1.29, 1.82) is 0 Å². The van der Waals surface area contributed by atoms with E-state index < -0.39 is 12.1 Å². The normalized spacial score (nSPS) is 18.7. The molecule has 0 amide bonds. The standard InChI is InChI=1S/C7H11F3N2O3/c1-2-14-11-5-3-12(4-5)15-6(13)7(8,9)10/h5,11H,2-4H2,1H3. The molecule has 1 fully saturated rings. The number of rotatable bonds is 4. The van der Waals surface area contributed by atoms with Crippen LogP contribution in [0.3, 0.4) is 0 Å². The molecule has 0 spiro atoms. The van der Waals surface area contributed by atoms with E-state index >= 15 is 0 Å². The minimum Gasteiger partial charge on any atom is -0.361 e. The maximum absolute atomic E-state index is 11.7. The van der Waals surface area contributed by atoms with E-state index in [1.54, 1.807) is 6.92 Å². The van der Waals surface area contributed by atoms with Crippen molar-refractivity contribution in [3.05, 3.63) is 0 Å². The zero-order valence-electron chi connectivity index (χ0n) is 8.00. The lowest BCUT2D eigenvalue weighted by Crippen LogP contribution is -2.58. The van der Waals surface area contributed by atoms with E-state index in [0.717, 1.165) is 5.06 Å². The van der Waals surface area contributed by atoms with Crippen LogP contribution in [0.2, 0.25) is 0 Å². The number of alkyl halides is 3. The highest BCUT2D eigenvalue weighted by Gasteiger charge is 2.44. The molecular weight excluding hydrogens is 217 g/mol. The number of carbonyl (C=O) groups excluding carboxylic acids is 1. The number of nitrogens with one attached hydrogen (secondary N) is 1. The van der Waals surface area contributed by atoms with Crippen molar-refractivity contribution in [1.82, 2.24) is 10.5 Å². The fourth-order valence-corrected chi connectivity index (χ4v) is 0.957. The van der Waals surface area contributed by atoms with Gasteiger partial charge in [-0.05, 0) is 6.92 Å². The van der Waals surface area contributed by atoms with Crippen LogP contribution in [0.5, 0.6) is 0 Å². The Morgan fingerprint density at radius 2 is 2.13 bits per heavy atom. The number of carbonyl (C=O) groups is 1. The SMILES string of the molecule is CCONC1CN(OC(=O)C(F)(F)F)C1. The van der Waals surface area contributed by atoms with E-state index in [-0.39, 0.29) is 19.1 Å². The summed E-state index contributed by atoms with van der Waals surface area (Å²) in [5.74, 6) is -2.20. The van der Waals surface area contributed by atoms with E-state index in [1.807, 2.05) is 0 Å². The van der Waals surface area contributed by atoms with E-state index in [1.165, 1.54) is 0 Å². The molecule has 0 unspecified atom stereocenters. The fraction of sp³-hybridized carbons (Fsp3) is 0.857. The summed E-state index contributed by atoms with van der Waals surface area (Å²) < 4.78 is 35.2. The summed E-state index contributed by atoms with van der Waals surface area (Å²) >= 11 is 0. The van der Waals surface area contributed by atoms with E-state index in [2.05, 4.69) is 10.3 Å². The van der Waals surface area contributed by atoms with Crippen LogP contribution in [-0.4, -0.2) is 42.9 Å². The number of hydroxylamine groups is 3. The van der Waals surface area contributed by atoms with Crippen molar-refractivity contribution < 1.29 is 27.6 Å². The molecule has 1 saturated heterocycles. The summed E-state index contributed by atoms with van der Waals surface area (Å²) in [7, 11) is 0. The first-order valence-corrected chi connectivity index (χ1v) is 4.35. The topological polar surface area (TPSA) is 50.8 Å². The number of nitrogens with zero attached hydrogens (tertiary/aromatic N) is 1. The van der Waals surface area contributed by atoms with Crippen LogP contribution in [0.15, 0.2) is 0 Å². The molecule has 1 rings (SSSR count). The molecule has 0 radical (unpaired) electrons. The molecule has 0 aromatic heterocycles. The molecule has 1 aliphatic heterocycles. The summed E-state index contributed by atoms with van der Waals surface area (Å²) in [5.41, 5.74) is 2.60. The highest BCUT2D eigenvalue weighted by Crippen LogP contribution is 2.19. The van der Waals surface area contributed by atoms with Gasteiger partial charge in [0.05, 0.1) is 25.7 Å². The van der Waals surface area contributed by atoms with Gasteiger partial charge >= 0.3 is 12.1 Å². The minimum atomic E-state index is -4.95. The third-order valence-corrected chi connectivity index (χ3v) is 1.69. The largest absolute Gasteiger partial charge is 0.492 e. The Labute approximate surface area is 84.0 Å². The van der Waals surface area contributed by atoms with Gasteiger partial charge in [-0.2, -0.15) is 18.7 Å². The Kier molecular flexibility index (Phi) is 3.89. The van der Waals surface area contributed by atoms with Crippen LogP contribution in [-0.2, 0) is 14.5 Å². The van der Waals surface area contributed by atoms with Gasteiger partial charge in [-0.1, -0.05) is 0 Å². The van der Waals surface area contributed by atoms with Crippen molar-refractivity contribution >= 4 is 5.97 Å². The summed E-state index contributed by atoms with van der Waals surface area (Å²) in [6, 6.07) is -0.106. The number of halogens is 3. The fourth-order valence-electron chi connectivity index (χ4n) is 0.957. The molecule has 5 nitrogen and oxygen atoms in total. The van der Waals surface area contributed by atoms with Gasteiger partial charge in [-0.25, -0.2) is 4.79 Å². The zero-order valence-corrected chi connectivity index (χ0v) is 8.00. The maximum atomic E-state index is 11.7. The molecule has 0 aliphatic carbocycles. The monoisotopic (exact) mass is 228 g/mol. The Bertz CT molecular complexity index is 228. The van der Waals surface area contributed by atoms with Crippen molar-refractivity contribution in [3.63, 3.8) is 0 Å². The lowest BCUT2D eigenvalue weighted by molar-refractivity contribution is -0.258. The van der Waals surface area contributed by atoms with Gasteiger partial charge in [0, 0.05) is 0 Å². The summed E-state index contributed by atoms with van der Waals surface area (Å²) in [6.45, 7) is 2.59. The van der Waals surface area contributed by atoms with Gasteiger partial charge in [-0.3, -0.25) is 0 Å². The first kappa shape index (κ1) is 12.2. The van der Waals surface area contributed by atoms with Crippen LogP contribution < -0.4 is 5.48 Å². The van der Waals surface area contributed by atoms with Gasteiger partial charge in [-0.15, -0.1) is 5.06 Å². The highest BCUT2D eigenvalue weighted by atomic mass is 19.4. The smallest absolute Gasteiger partial charge is 0.361 e. The van der Waals surface area contributed by atoms with Gasteiger partial charge < -0.3 is 9.68 Å². The van der Waals surface area contributed by atoms with Crippen LogP contribution in [0.4, 0.5) is 13.2 Å². The van der Waals surface area contributed by atoms with Gasteiger partial charge in [0.25, 0.3) is 0 Å². The Morgan fingerprint density at radius 1 is 1.53 bits per heavy atom. The second-order valence-corrected chi connectivity index (χ2v) is 2.97. The maximum Gasteiger partial charge on any atom is 0.492 e. The predicted molar refractivity (Wildman–Crippen MR) is 42.3 cm³/mol. The van der Waals surface area contributed by atoms with Crippen molar-refractivity contribution in [2.45, 2.75) is 19.1 Å². The molecule has 0 aromatic carbocycles. The van der Waals surface area contributed by atoms with Crippen molar-refractivity contribution in [2.75, 3.05) is 19.7 Å². The van der Waals surface area contributed by atoms with Crippen molar-refractivity contribution in [3.8, 4) is 0 Å². The predicted octanol–water partition coefficient (Wildman–Crippen LogP) is 0.232. The molecule has 1 heterocycles. The average Bonchev–Trinajstić information content (AvgIpc) is 2.06. The second kappa shape index (κ2) is 4.77. The summed E-state index contributed by atoms with van der Waals surface area (Å²) in [6.07, 6.45) is -4.95. The molecule has 8 heteroatoms. The minimum absolute atomic E-state index is 0.106. The third kappa shape index (κ3) is 3.65. The van der Waals surface area contributed by atoms with Gasteiger partial charge in [0.15, 0.2) is 0 Å². The molecule has 0 aromatic rings. The lowest BCUT2D eigenvalue weighted by atomic mass is 10.2. The van der Waals surface area contributed by atoms with E-state index in [0.29, 0.717) is 6.61 Å². The Morgan fingerprint density at radius 3 is 2.60 bits per heavy atom. The molecule has 1 aliphatic rings. The molecule has 0 atom stereocenters. The van der Waals surface area contributed by atoms with Crippen LogP contribution >= 0.6 is 0 Å². The Hall–Kier alpha value is -0.860. The number of hydrogen-bond acceptors (Lipinski definition) is 5. The highest BCUT2D eigenvalue weighted by molar-refractivity contribution is 5.75. The molecule has 88 valence electrons. The zero-order chi connectivity index (χ0) is 11.5. The van der Waals surface area contributed by atoms with Gasteiger partial charge in [0.2, 0.25) is 0 Å². The third-order valence-electron chi connectivity index (χ3n) is 1.69. The molecule has 15 heavy (non-hydrogen) atoms. The second-order valence-electron chi connectivity index (χ2n) is 2.97. The van der Waals surface area contributed by atoms with Crippen LogP contribution in [0.25, 0.3) is 0 Å². The van der Waals surface area contributed by atoms with E-state index in [4.69, 9.17) is 4.84 Å². The summed E-state index contributed by atoms with van der Waals surface area (Å²) in [4.78, 5) is 19.2. The molecule has 1 N–H and O–H groups in total. The van der Waals surface area contributed by atoms with Crippen LogP contribution in [0.1, 0.15) is 6.92 Å².